The fourth-order valence-electron chi connectivity index (χ4n) is 6.81. The van der Waals surface area contributed by atoms with E-state index in [1.54, 1.807) is 14.6 Å². The second kappa shape index (κ2) is 6.65. The largest absolute Gasteiger partial charge is 0.493 e. The maximum absolute atomic E-state index is 13.5. The molecule has 0 unspecified atom stereocenters. The summed E-state index contributed by atoms with van der Waals surface area (Å²) in [6.45, 7) is 0.674. The predicted molar refractivity (Wildman–Crippen MR) is 102 cm³/mol. The number of rotatable bonds is 7. The van der Waals surface area contributed by atoms with Gasteiger partial charge in [0.05, 0.1) is 11.2 Å². The summed E-state index contributed by atoms with van der Waals surface area (Å²) in [6.07, 6.45) is 10.4. The molecule has 6 rings (SSSR count). The lowest BCUT2D eigenvalue weighted by Crippen LogP contribution is -2.54. The van der Waals surface area contributed by atoms with Gasteiger partial charge in [-0.25, -0.2) is 10.3 Å². The van der Waals surface area contributed by atoms with E-state index in [1.165, 1.54) is 19.3 Å². The molecule has 5 aliphatic rings. The monoisotopic (exact) mass is 389 g/mol. The van der Waals surface area contributed by atoms with Crippen molar-refractivity contribution in [2.24, 2.45) is 23.7 Å². The molecule has 5 saturated carbocycles. The first-order valence-corrected chi connectivity index (χ1v) is 11.0. The zero-order valence-corrected chi connectivity index (χ0v) is 16.4. The van der Waals surface area contributed by atoms with Gasteiger partial charge in [0, 0.05) is 13.0 Å². The maximum Gasteiger partial charge on any atom is 0.331 e. The van der Waals surface area contributed by atoms with E-state index in [9.17, 15) is 14.7 Å². The predicted octanol–water partition coefficient (Wildman–Crippen LogP) is 2.52. The Balaban J connectivity index is 1.49. The van der Waals surface area contributed by atoms with E-state index >= 15 is 0 Å². The van der Waals surface area contributed by atoms with Crippen LogP contribution in [0.4, 0.5) is 0 Å². The molecule has 0 aliphatic heterocycles. The van der Waals surface area contributed by atoms with Gasteiger partial charge in [-0.1, -0.05) is 0 Å². The van der Waals surface area contributed by atoms with Crippen LogP contribution in [0.2, 0.25) is 0 Å². The third-order valence-corrected chi connectivity index (χ3v) is 7.78. The lowest BCUT2D eigenvalue weighted by Gasteiger charge is -2.56. The van der Waals surface area contributed by atoms with E-state index in [0.29, 0.717) is 48.8 Å². The number of carbonyl (C=O) groups excluding carboxylic acids is 1. The third kappa shape index (κ3) is 2.98. The van der Waals surface area contributed by atoms with Crippen molar-refractivity contribution < 1.29 is 15.1 Å². The van der Waals surface area contributed by atoms with Gasteiger partial charge in [0.15, 0.2) is 0 Å². The number of aromatic nitrogens is 2. The van der Waals surface area contributed by atoms with Crippen LogP contribution < -0.4 is 11.2 Å². The van der Waals surface area contributed by atoms with E-state index in [-0.39, 0.29) is 23.5 Å². The number of hydrogen-bond donors (Lipinski definition) is 3. The molecule has 0 radical (unpaired) electrons. The van der Waals surface area contributed by atoms with Gasteiger partial charge in [-0.2, -0.15) is 0 Å². The number of hydroxylamine groups is 1. The normalized spacial score (nSPS) is 33.4. The van der Waals surface area contributed by atoms with E-state index in [2.05, 4.69) is 0 Å². The molecule has 7 nitrogen and oxygen atoms in total. The highest BCUT2D eigenvalue weighted by molar-refractivity contribution is 5.74. The van der Waals surface area contributed by atoms with Gasteiger partial charge >= 0.3 is 5.69 Å². The Morgan fingerprint density at radius 1 is 1.11 bits per heavy atom. The molecule has 1 heterocycles. The molecule has 7 heteroatoms. The highest BCUT2D eigenvalue weighted by atomic mass is 16.5. The van der Waals surface area contributed by atoms with E-state index in [0.717, 1.165) is 32.1 Å². The van der Waals surface area contributed by atoms with Gasteiger partial charge < -0.3 is 5.11 Å². The number of carbonyl (C=O) groups is 1. The van der Waals surface area contributed by atoms with Crippen LogP contribution in [0.15, 0.2) is 4.79 Å². The van der Waals surface area contributed by atoms with Crippen LogP contribution in [-0.2, 0) is 23.3 Å². The molecule has 0 atom stereocenters. The van der Waals surface area contributed by atoms with Crippen molar-refractivity contribution in [1.82, 2.24) is 14.6 Å². The first-order chi connectivity index (χ1) is 13.5. The first-order valence-electron chi connectivity index (χ1n) is 11.0. The van der Waals surface area contributed by atoms with E-state index in [1.807, 2.05) is 0 Å². The number of amides is 1. The number of imidazole rings is 1. The summed E-state index contributed by atoms with van der Waals surface area (Å²) in [5, 5.41) is 19.9. The molecule has 1 amide bonds. The molecule has 0 aromatic carbocycles. The number of nitrogens with zero attached hydrogens (tertiary/aromatic N) is 2. The van der Waals surface area contributed by atoms with E-state index in [4.69, 9.17) is 5.21 Å². The molecular weight excluding hydrogens is 358 g/mol. The molecule has 28 heavy (non-hydrogen) atoms. The van der Waals surface area contributed by atoms with E-state index < -0.39 is 5.91 Å². The van der Waals surface area contributed by atoms with Crippen LogP contribution in [-0.4, -0.2) is 25.4 Å². The van der Waals surface area contributed by atoms with Gasteiger partial charge in [-0.3, -0.25) is 19.1 Å². The van der Waals surface area contributed by atoms with Crippen molar-refractivity contribution in [3.63, 3.8) is 0 Å². The van der Waals surface area contributed by atoms with Crippen LogP contribution >= 0.6 is 0 Å². The van der Waals surface area contributed by atoms with Gasteiger partial charge in [-0.15, -0.1) is 0 Å². The molecule has 1 aromatic rings. The Hall–Kier alpha value is -1.76. The minimum Gasteiger partial charge on any atom is -0.493 e. The lowest BCUT2D eigenvalue weighted by molar-refractivity contribution is -0.129. The summed E-state index contributed by atoms with van der Waals surface area (Å²) >= 11 is 0. The van der Waals surface area contributed by atoms with Gasteiger partial charge in [-0.05, 0) is 87.9 Å². The van der Waals surface area contributed by atoms with Crippen molar-refractivity contribution >= 4 is 5.91 Å². The number of nitrogens with one attached hydrogen (secondary N) is 1. The van der Waals surface area contributed by atoms with Gasteiger partial charge in [0.2, 0.25) is 11.8 Å². The molecular formula is C21H31N3O4. The van der Waals surface area contributed by atoms with Crippen LogP contribution in [0.5, 0.6) is 5.88 Å². The summed E-state index contributed by atoms with van der Waals surface area (Å²) in [4.78, 5) is 24.9. The zero-order valence-electron chi connectivity index (χ0n) is 16.4. The number of aromatic hydroxyl groups is 1. The fourth-order valence-corrected chi connectivity index (χ4v) is 6.81. The minimum atomic E-state index is -0.434. The van der Waals surface area contributed by atoms with Gasteiger partial charge in [0.25, 0.3) is 0 Å². The molecule has 154 valence electrons. The Kier molecular flexibility index (Phi) is 4.34. The summed E-state index contributed by atoms with van der Waals surface area (Å²) < 4.78 is 3.56. The fraction of sp³-hybridized carbons (Fsp3) is 0.810. The molecule has 0 saturated heterocycles. The summed E-state index contributed by atoms with van der Waals surface area (Å²) in [7, 11) is 0. The Labute approximate surface area is 164 Å². The smallest absolute Gasteiger partial charge is 0.331 e. The minimum absolute atomic E-state index is 0.0482. The average molecular weight is 389 g/mol. The van der Waals surface area contributed by atoms with Crippen molar-refractivity contribution in [1.29, 1.82) is 0 Å². The summed E-state index contributed by atoms with van der Waals surface area (Å²) in [6, 6.07) is 0. The molecule has 0 spiro atoms. The van der Waals surface area contributed by atoms with Crippen LogP contribution in [0.3, 0.4) is 0 Å². The van der Waals surface area contributed by atoms with Crippen LogP contribution in [0.1, 0.15) is 69.9 Å². The average Bonchev–Trinajstić information content (AvgIpc) is 3.42. The molecule has 4 bridgehead atoms. The SMILES string of the molecule is O=C(CCCc1c(O)n(C23CC4CC(CC(C4)C2)C3)c(=O)n1CC1CC1)NO. The Morgan fingerprint density at radius 2 is 1.71 bits per heavy atom. The van der Waals surface area contributed by atoms with Crippen LogP contribution in [0, 0.1) is 23.7 Å². The molecule has 3 N–H and O–H groups in total. The maximum atomic E-state index is 13.5. The lowest BCUT2D eigenvalue weighted by atomic mass is 9.53. The van der Waals surface area contributed by atoms with Crippen molar-refractivity contribution in [3.05, 3.63) is 16.2 Å². The van der Waals surface area contributed by atoms with Crippen LogP contribution in [0.25, 0.3) is 0 Å². The summed E-state index contributed by atoms with van der Waals surface area (Å²) in [5.74, 6) is 2.32. The third-order valence-electron chi connectivity index (χ3n) is 7.78. The second-order valence-electron chi connectivity index (χ2n) is 9.97. The van der Waals surface area contributed by atoms with Crippen molar-refractivity contribution in [2.75, 3.05) is 0 Å². The highest BCUT2D eigenvalue weighted by Crippen LogP contribution is 2.59. The van der Waals surface area contributed by atoms with Crippen molar-refractivity contribution in [3.8, 4) is 5.88 Å². The quantitative estimate of drug-likeness (QED) is 0.493. The Morgan fingerprint density at radius 3 is 2.25 bits per heavy atom. The summed E-state index contributed by atoms with van der Waals surface area (Å²) in [5.41, 5.74) is 2.08. The topological polar surface area (TPSA) is 96.5 Å². The molecule has 1 aromatic heterocycles. The van der Waals surface area contributed by atoms with Crippen molar-refractivity contribution in [2.45, 2.75) is 82.7 Å². The second-order valence-corrected chi connectivity index (χ2v) is 9.97. The Bertz CT molecular complexity index is 800. The highest BCUT2D eigenvalue weighted by Gasteiger charge is 2.53. The number of hydrogen-bond acceptors (Lipinski definition) is 4. The zero-order chi connectivity index (χ0) is 19.5. The standard InChI is InChI=1S/C21H31N3O4/c25-18(22-28)3-1-2-17-19(26)24(20(27)23(17)12-13-4-5-13)21-9-14-6-15(10-21)8-16(7-14)11-21/h13-16,26,28H,1-12H2,(H,22,25). The molecule has 5 aliphatic carbocycles. The molecule has 5 fully saturated rings. The van der Waals surface area contributed by atoms with Gasteiger partial charge in [0.1, 0.15) is 0 Å². The first kappa shape index (κ1) is 18.3.